The van der Waals surface area contributed by atoms with Crippen molar-refractivity contribution in [3.05, 3.63) is 162 Å². The number of para-hydroxylation sites is 2. The van der Waals surface area contributed by atoms with Crippen LogP contribution in [0, 0.1) is 22.7 Å². The Hall–Kier alpha value is -7.16. The Bertz CT molecular complexity index is 2980. The Balaban J connectivity index is 1.44. The van der Waals surface area contributed by atoms with Crippen LogP contribution in [0.5, 0.6) is 0 Å². The van der Waals surface area contributed by atoms with Crippen molar-refractivity contribution in [1.82, 2.24) is 14.1 Å². The molecule has 8 heteroatoms. The highest BCUT2D eigenvalue weighted by atomic mass is 19.4. The Kier molecular flexibility index (Phi) is 6.96. The molecule has 9 aromatic rings. The summed E-state index contributed by atoms with van der Waals surface area (Å²) in [4.78, 5) is 5.05. The largest absolute Gasteiger partial charge is 0.418 e. The number of fused-ring (bicyclic) bond motifs is 6. The number of alkyl halides is 3. The minimum absolute atomic E-state index is 0.0680. The molecule has 0 N–H and O–H groups in total. The lowest BCUT2D eigenvalue weighted by molar-refractivity contribution is -0.137. The van der Waals surface area contributed by atoms with Crippen molar-refractivity contribution in [3.63, 3.8) is 0 Å². The highest BCUT2D eigenvalue weighted by Crippen LogP contribution is 2.45. The lowest BCUT2D eigenvalue weighted by Gasteiger charge is -2.22. The van der Waals surface area contributed by atoms with Crippen LogP contribution in [-0.2, 0) is 6.18 Å². The summed E-state index contributed by atoms with van der Waals surface area (Å²) < 4.78 is 50.3. The van der Waals surface area contributed by atoms with Crippen molar-refractivity contribution in [2.45, 2.75) is 6.18 Å². The van der Waals surface area contributed by atoms with Crippen LogP contribution in [0.2, 0.25) is 0 Å². The minimum atomic E-state index is -4.76. The molecule has 0 bridgehead atoms. The van der Waals surface area contributed by atoms with Gasteiger partial charge in [0, 0.05) is 32.7 Å². The molecular formula is C44H24F3N5. The van der Waals surface area contributed by atoms with E-state index < -0.39 is 11.7 Å². The number of nitriles is 2. The Morgan fingerprint density at radius 2 is 1.00 bits per heavy atom. The van der Waals surface area contributed by atoms with Crippen LogP contribution in [0.25, 0.3) is 77.5 Å². The van der Waals surface area contributed by atoms with Gasteiger partial charge in [-0.2, -0.15) is 23.7 Å². The second-order valence-corrected chi connectivity index (χ2v) is 12.6. The van der Waals surface area contributed by atoms with Gasteiger partial charge in [0.2, 0.25) is 0 Å². The van der Waals surface area contributed by atoms with Gasteiger partial charge in [0.15, 0.2) is 0 Å². The first-order chi connectivity index (χ1) is 25.3. The highest BCUT2D eigenvalue weighted by molar-refractivity contribution is 6.11. The monoisotopic (exact) mass is 679 g/mol. The predicted octanol–water partition coefficient (Wildman–Crippen LogP) is 11.4. The Labute approximate surface area is 295 Å². The van der Waals surface area contributed by atoms with Crippen molar-refractivity contribution in [2.75, 3.05) is 0 Å². The number of hydrogen-bond acceptors (Lipinski definition) is 3. The first-order valence-electron chi connectivity index (χ1n) is 16.5. The number of rotatable bonds is 4. The number of hydrogen-bond donors (Lipinski definition) is 0. The van der Waals surface area contributed by atoms with Gasteiger partial charge in [0.1, 0.15) is 0 Å². The van der Waals surface area contributed by atoms with Crippen LogP contribution >= 0.6 is 0 Å². The maximum atomic E-state index is 15.6. The molecule has 3 heterocycles. The molecule has 0 saturated heterocycles. The molecule has 0 aliphatic rings. The summed E-state index contributed by atoms with van der Waals surface area (Å²) >= 11 is 0. The fourth-order valence-electron chi connectivity index (χ4n) is 7.34. The lowest BCUT2D eigenvalue weighted by atomic mass is 10.0. The maximum absolute atomic E-state index is 15.6. The number of pyridine rings is 1. The van der Waals surface area contributed by atoms with Crippen LogP contribution in [-0.4, -0.2) is 14.1 Å². The van der Waals surface area contributed by atoms with Crippen molar-refractivity contribution < 1.29 is 13.2 Å². The Morgan fingerprint density at radius 1 is 0.481 bits per heavy atom. The summed E-state index contributed by atoms with van der Waals surface area (Å²) in [5, 5.41) is 22.4. The number of benzene rings is 6. The molecule has 6 aromatic carbocycles. The molecule has 246 valence electrons. The summed E-state index contributed by atoms with van der Waals surface area (Å²) in [6, 6.07) is 47.4. The first-order valence-corrected chi connectivity index (χ1v) is 16.5. The Morgan fingerprint density at radius 3 is 1.58 bits per heavy atom. The fourth-order valence-corrected chi connectivity index (χ4v) is 7.34. The van der Waals surface area contributed by atoms with Crippen LogP contribution in [0.4, 0.5) is 13.2 Å². The zero-order valence-electron chi connectivity index (χ0n) is 27.2. The first kappa shape index (κ1) is 30.9. The van der Waals surface area contributed by atoms with Gasteiger partial charge in [0.05, 0.1) is 73.7 Å². The van der Waals surface area contributed by atoms with E-state index in [-0.39, 0.29) is 11.4 Å². The van der Waals surface area contributed by atoms with Gasteiger partial charge in [-0.25, -0.2) is 4.98 Å². The van der Waals surface area contributed by atoms with E-state index in [1.165, 1.54) is 6.07 Å². The summed E-state index contributed by atoms with van der Waals surface area (Å²) in [5.74, 6) is 0. The third-order valence-corrected chi connectivity index (χ3v) is 9.60. The van der Waals surface area contributed by atoms with E-state index in [4.69, 9.17) is 4.98 Å². The molecule has 0 aliphatic heterocycles. The summed E-state index contributed by atoms with van der Waals surface area (Å²) in [6.07, 6.45) is -4.76. The van der Waals surface area contributed by atoms with Crippen LogP contribution in [0.3, 0.4) is 0 Å². The van der Waals surface area contributed by atoms with E-state index >= 15 is 13.2 Å². The molecule has 0 fully saturated rings. The number of halogens is 3. The van der Waals surface area contributed by atoms with E-state index in [1.54, 1.807) is 59.2 Å². The van der Waals surface area contributed by atoms with E-state index in [0.717, 1.165) is 21.7 Å². The molecule has 0 spiro atoms. The zero-order chi connectivity index (χ0) is 35.6. The van der Waals surface area contributed by atoms with Gasteiger partial charge >= 0.3 is 6.18 Å². The topological polar surface area (TPSA) is 70.3 Å². The smallest absolute Gasteiger partial charge is 0.309 e. The highest BCUT2D eigenvalue weighted by Gasteiger charge is 2.37. The van der Waals surface area contributed by atoms with E-state index in [0.29, 0.717) is 55.5 Å². The van der Waals surface area contributed by atoms with Crippen LogP contribution in [0.1, 0.15) is 16.7 Å². The summed E-state index contributed by atoms with van der Waals surface area (Å²) in [7, 11) is 0. The summed E-state index contributed by atoms with van der Waals surface area (Å²) in [6.45, 7) is 0. The zero-order valence-corrected chi connectivity index (χ0v) is 27.2. The summed E-state index contributed by atoms with van der Waals surface area (Å²) in [5.41, 5.74) is 5.21. The van der Waals surface area contributed by atoms with Crippen LogP contribution in [0.15, 0.2) is 146 Å². The van der Waals surface area contributed by atoms with Gasteiger partial charge < -0.3 is 9.13 Å². The van der Waals surface area contributed by atoms with Gasteiger partial charge in [-0.15, -0.1) is 0 Å². The second-order valence-electron chi connectivity index (χ2n) is 12.6. The second kappa shape index (κ2) is 11.7. The van der Waals surface area contributed by atoms with Gasteiger partial charge in [-0.1, -0.05) is 72.8 Å². The van der Waals surface area contributed by atoms with E-state index in [9.17, 15) is 10.5 Å². The number of aromatic nitrogens is 3. The van der Waals surface area contributed by atoms with Crippen molar-refractivity contribution in [3.8, 4) is 46.0 Å². The van der Waals surface area contributed by atoms with E-state index in [2.05, 4.69) is 12.1 Å². The van der Waals surface area contributed by atoms with E-state index in [1.807, 2.05) is 89.5 Å². The van der Waals surface area contributed by atoms with Crippen molar-refractivity contribution >= 4 is 43.6 Å². The van der Waals surface area contributed by atoms with Crippen LogP contribution < -0.4 is 0 Å². The van der Waals surface area contributed by atoms with Gasteiger partial charge in [0.25, 0.3) is 0 Å². The average Bonchev–Trinajstić information content (AvgIpc) is 3.69. The molecular weight excluding hydrogens is 656 g/mol. The fraction of sp³-hybridized carbons (Fsp3) is 0.0227. The quantitative estimate of drug-likeness (QED) is 0.186. The van der Waals surface area contributed by atoms with Gasteiger partial charge in [-0.3, -0.25) is 0 Å². The van der Waals surface area contributed by atoms with Gasteiger partial charge in [-0.05, 0) is 72.8 Å². The van der Waals surface area contributed by atoms with Crippen molar-refractivity contribution in [2.24, 2.45) is 0 Å². The number of nitrogens with zero attached hydrogens (tertiary/aromatic N) is 5. The third kappa shape index (κ3) is 4.81. The lowest BCUT2D eigenvalue weighted by Crippen LogP contribution is -2.13. The minimum Gasteiger partial charge on any atom is -0.309 e. The molecule has 0 atom stereocenters. The molecule has 9 rings (SSSR count). The molecule has 0 radical (unpaired) electrons. The molecule has 0 unspecified atom stereocenters. The average molecular weight is 680 g/mol. The standard InChI is InChI=1S/C44H24F3N5/c45-44(46,47)35-24-42(51-38-15-6-4-11-30(38)32-21-27(25-48)17-19-40(32)51)34(37-14-8-13-36(50-37)29-9-2-1-3-10-29)23-43(35)52-39-16-7-5-12-31(39)33-22-28(26-49)18-20-41(33)52/h1-24H. The molecule has 52 heavy (non-hydrogen) atoms. The molecule has 0 aliphatic carbocycles. The molecule has 3 aromatic heterocycles. The molecule has 5 nitrogen and oxygen atoms in total. The predicted molar refractivity (Wildman–Crippen MR) is 198 cm³/mol. The molecule has 0 amide bonds. The SMILES string of the molecule is N#Cc1ccc2c(c1)c1ccccc1n2-c1cc(C(F)(F)F)c(-n2c3ccccc3c3cc(C#N)ccc32)cc1-c1cccc(-c2ccccc2)n1. The van der Waals surface area contributed by atoms with Crippen molar-refractivity contribution in [1.29, 1.82) is 10.5 Å². The maximum Gasteiger partial charge on any atom is 0.418 e. The third-order valence-electron chi connectivity index (χ3n) is 9.60. The molecule has 0 saturated carbocycles. The normalized spacial score (nSPS) is 11.7.